The highest BCUT2D eigenvalue weighted by Gasteiger charge is 2.25. The SMILES string of the molecule is COc1ccccc1Oc1ncccc1C(=O)NC1CCC(Nc2ncc(C)c(N(C)C)n2)CC1. The Morgan fingerprint density at radius 1 is 1.00 bits per heavy atom. The number of amides is 1. The van der Waals surface area contributed by atoms with Gasteiger partial charge in [-0.2, -0.15) is 4.98 Å². The van der Waals surface area contributed by atoms with E-state index in [2.05, 4.69) is 25.6 Å². The summed E-state index contributed by atoms with van der Waals surface area (Å²) in [7, 11) is 5.52. The van der Waals surface area contributed by atoms with Crippen molar-refractivity contribution in [3.63, 3.8) is 0 Å². The largest absolute Gasteiger partial charge is 0.493 e. The minimum absolute atomic E-state index is 0.0798. The summed E-state index contributed by atoms with van der Waals surface area (Å²) >= 11 is 0. The monoisotopic (exact) mass is 476 g/mol. The van der Waals surface area contributed by atoms with Gasteiger partial charge in [0, 0.05) is 44.1 Å². The van der Waals surface area contributed by atoms with Gasteiger partial charge in [0.05, 0.1) is 7.11 Å². The fourth-order valence-corrected chi connectivity index (χ4v) is 4.24. The zero-order chi connectivity index (χ0) is 24.8. The van der Waals surface area contributed by atoms with Crippen LogP contribution < -0.4 is 25.0 Å². The third kappa shape index (κ3) is 5.98. The Hall–Kier alpha value is -3.88. The van der Waals surface area contributed by atoms with Crippen LogP contribution in [0.5, 0.6) is 17.4 Å². The molecule has 3 aromatic rings. The molecule has 184 valence electrons. The van der Waals surface area contributed by atoms with E-state index in [1.807, 2.05) is 44.2 Å². The zero-order valence-corrected chi connectivity index (χ0v) is 20.6. The molecule has 9 nitrogen and oxygen atoms in total. The number of carbonyl (C=O) groups excluding carboxylic acids is 1. The topological polar surface area (TPSA) is 102 Å². The maximum Gasteiger partial charge on any atom is 0.257 e. The average Bonchev–Trinajstić information content (AvgIpc) is 2.87. The van der Waals surface area contributed by atoms with Crippen LogP contribution in [0.3, 0.4) is 0 Å². The first kappa shape index (κ1) is 24.3. The van der Waals surface area contributed by atoms with E-state index in [0.29, 0.717) is 23.0 Å². The first-order chi connectivity index (χ1) is 16.9. The predicted octanol–water partition coefficient (Wildman–Crippen LogP) is 4.20. The molecule has 9 heteroatoms. The summed E-state index contributed by atoms with van der Waals surface area (Å²) in [6, 6.07) is 11.1. The number of aromatic nitrogens is 3. The molecule has 1 fully saturated rings. The number of benzene rings is 1. The molecule has 0 unspecified atom stereocenters. The van der Waals surface area contributed by atoms with E-state index in [1.165, 1.54) is 0 Å². The lowest BCUT2D eigenvalue weighted by Crippen LogP contribution is -2.40. The number of carbonyl (C=O) groups is 1. The van der Waals surface area contributed by atoms with Gasteiger partial charge < -0.3 is 25.0 Å². The molecule has 2 aromatic heterocycles. The molecule has 35 heavy (non-hydrogen) atoms. The summed E-state index contributed by atoms with van der Waals surface area (Å²) < 4.78 is 11.3. The van der Waals surface area contributed by atoms with Crippen molar-refractivity contribution < 1.29 is 14.3 Å². The molecule has 0 bridgehead atoms. The fraction of sp³-hybridized carbons (Fsp3) is 0.385. The van der Waals surface area contributed by atoms with E-state index in [-0.39, 0.29) is 23.9 Å². The van der Waals surface area contributed by atoms with Crippen molar-refractivity contribution in [2.24, 2.45) is 0 Å². The molecule has 1 aromatic carbocycles. The number of nitrogens with zero attached hydrogens (tertiary/aromatic N) is 4. The second-order valence-electron chi connectivity index (χ2n) is 8.87. The molecule has 2 heterocycles. The van der Waals surface area contributed by atoms with Crippen molar-refractivity contribution in [3.05, 3.63) is 59.9 Å². The lowest BCUT2D eigenvalue weighted by molar-refractivity contribution is 0.0923. The molecule has 1 amide bonds. The summed E-state index contributed by atoms with van der Waals surface area (Å²) in [5.74, 6) is 2.68. The van der Waals surface area contributed by atoms with Gasteiger partial charge in [-0.3, -0.25) is 4.79 Å². The van der Waals surface area contributed by atoms with Crippen molar-refractivity contribution in [3.8, 4) is 17.4 Å². The van der Waals surface area contributed by atoms with Crippen LogP contribution in [0.2, 0.25) is 0 Å². The van der Waals surface area contributed by atoms with Gasteiger partial charge in [0.15, 0.2) is 11.5 Å². The average molecular weight is 477 g/mol. The maximum atomic E-state index is 13.1. The highest BCUT2D eigenvalue weighted by molar-refractivity contribution is 5.96. The van der Waals surface area contributed by atoms with Gasteiger partial charge in [-0.25, -0.2) is 9.97 Å². The van der Waals surface area contributed by atoms with Crippen LogP contribution >= 0.6 is 0 Å². The van der Waals surface area contributed by atoms with Crippen LogP contribution in [-0.4, -0.2) is 54.1 Å². The van der Waals surface area contributed by atoms with E-state index in [1.54, 1.807) is 37.6 Å². The molecule has 1 aliphatic carbocycles. The Morgan fingerprint density at radius 2 is 1.71 bits per heavy atom. The minimum atomic E-state index is -0.197. The zero-order valence-electron chi connectivity index (χ0n) is 20.6. The summed E-state index contributed by atoms with van der Waals surface area (Å²) in [6.45, 7) is 2.00. The second kappa shape index (κ2) is 11.0. The summed E-state index contributed by atoms with van der Waals surface area (Å²) in [4.78, 5) is 28.4. The molecule has 1 aliphatic rings. The molecular weight excluding hydrogens is 444 g/mol. The van der Waals surface area contributed by atoms with Gasteiger partial charge in [-0.05, 0) is 56.9 Å². The fourth-order valence-electron chi connectivity index (χ4n) is 4.24. The number of hydrogen-bond donors (Lipinski definition) is 2. The number of rotatable bonds is 8. The summed E-state index contributed by atoms with van der Waals surface area (Å²) in [5.41, 5.74) is 1.43. The second-order valence-corrected chi connectivity index (χ2v) is 8.87. The molecular formula is C26H32N6O3. The van der Waals surface area contributed by atoms with Gasteiger partial charge in [-0.15, -0.1) is 0 Å². The molecule has 1 saturated carbocycles. The van der Waals surface area contributed by atoms with Gasteiger partial charge >= 0.3 is 0 Å². The number of anilines is 2. The smallest absolute Gasteiger partial charge is 0.257 e. The minimum Gasteiger partial charge on any atom is -0.493 e. The van der Waals surface area contributed by atoms with Gasteiger partial charge in [0.1, 0.15) is 11.4 Å². The van der Waals surface area contributed by atoms with Gasteiger partial charge in [-0.1, -0.05) is 12.1 Å². The van der Waals surface area contributed by atoms with Crippen molar-refractivity contribution in [1.82, 2.24) is 20.3 Å². The number of hydrogen-bond acceptors (Lipinski definition) is 8. The third-order valence-corrected chi connectivity index (χ3v) is 6.06. The highest BCUT2D eigenvalue weighted by Crippen LogP contribution is 2.31. The van der Waals surface area contributed by atoms with Crippen molar-refractivity contribution in [1.29, 1.82) is 0 Å². The van der Waals surface area contributed by atoms with Crippen LogP contribution in [0.4, 0.5) is 11.8 Å². The molecule has 0 saturated heterocycles. The predicted molar refractivity (Wildman–Crippen MR) is 136 cm³/mol. The van der Waals surface area contributed by atoms with Crippen LogP contribution in [0.1, 0.15) is 41.6 Å². The van der Waals surface area contributed by atoms with E-state index in [0.717, 1.165) is 37.1 Å². The van der Waals surface area contributed by atoms with Crippen LogP contribution in [0.25, 0.3) is 0 Å². The number of nitrogens with one attached hydrogen (secondary N) is 2. The number of pyridine rings is 1. The molecule has 0 aliphatic heterocycles. The van der Waals surface area contributed by atoms with Crippen LogP contribution in [0, 0.1) is 6.92 Å². The summed E-state index contributed by atoms with van der Waals surface area (Å²) in [5, 5.41) is 6.60. The number of ether oxygens (including phenoxy) is 2. The standard InChI is InChI=1S/C26H32N6O3/c1-17-16-28-26(31-23(17)32(2)3)30-19-13-11-18(12-14-19)29-24(33)20-8-7-15-27-25(20)35-22-10-6-5-9-21(22)34-4/h5-10,15-16,18-19H,11-14H2,1-4H3,(H,29,33)(H,28,30,31). The van der Waals surface area contributed by atoms with Gasteiger partial charge in [0.25, 0.3) is 5.91 Å². The molecule has 4 rings (SSSR count). The van der Waals surface area contributed by atoms with Crippen molar-refractivity contribution in [2.45, 2.75) is 44.7 Å². The Labute approximate surface area is 205 Å². The molecule has 0 spiro atoms. The number of aryl methyl sites for hydroxylation is 1. The van der Waals surface area contributed by atoms with E-state index >= 15 is 0 Å². The Kier molecular flexibility index (Phi) is 7.64. The Bertz CT molecular complexity index is 1160. The van der Waals surface area contributed by atoms with Crippen molar-refractivity contribution >= 4 is 17.7 Å². The normalized spacial score (nSPS) is 17.4. The van der Waals surface area contributed by atoms with E-state index < -0.39 is 0 Å². The van der Waals surface area contributed by atoms with E-state index in [9.17, 15) is 4.79 Å². The lowest BCUT2D eigenvalue weighted by atomic mass is 9.91. The Morgan fingerprint density at radius 3 is 2.43 bits per heavy atom. The van der Waals surface area contributed by atoms with E-state index in [4.69, 9.17) is 9.47 Å². The molecule has 0 atom stereocenters. The number of methoxy groups -OCH3 is 1. The van der Waals surface area contributed by atoms with Crippen LogP contribution in [-0.2, 0) is 0 Å². The lowest BCUT2D eigenvalue weighted by Gasteiger charge is -2.30. The Balaban J connectivity index is 1.35. The number of para-hydroxylation sites is 2. The first-order valence-electron chi connectivity index (χ1n) is 11.8. The summed E-state index contributed by atoms with van der Waals surface area (Å²) in [6.07, 6.45) is 6.99. The molecule has 2 N–H and O–H groups in total. The van der Waals surface area contributed by atoms with Crippen molar-refractivity contribution in [2.75, 3.05) is 31.4 Å². The molecule has 0 radical (unpaired) electrons. The van der Waals surface area contributed by atoms with Gasteiger partial charge in [0.2, 0.25) is 11.8 Å². The first-order valence-corrected chi connectivity index (χ1v) is 11.8. The maximum absolute atomic E-state index is 13.1. The highest BCUT2D eigenvalue weighted by atomic mass is 16.5. The third-order valence-electron chi connectivity index (χ3n) is 6.06. The van der Waals surface area contributed by atoms with Crippen LogP contribution in [0.15, 0.2) is 48.8 Å². The quantitative estimate of drug-likeness (QED) is 0.499.